The van der Waals surface area contributed by atoms with Gasteiger partial charge in [-0.3, -0.25) is 4.79 Å². The molecule has 2 aromatic carbocycles. The Bertz CT molecular complexity index is 622. The zero-order chi connectivity index (χ0) is 15.4. The summed E-state index contributed by atoms with van der Waals surface area (Å²) in [7, 11) is 1.97. The van der Waals surface area contributed by atoms with E-state index in [4.69, 9.17) is 0 Å². The number of amides is 1. The molecule has 3 heteroatoms. The number of hydrogen-bond donors (Lipinski definition) is 1. The molecule has 0 aromatic heterocycles. The van der Waals surface area contributed by atoms with Gasteiger partial charge in [0.25, 0.3) is 5.91 Å². The van der Waals surface area contributed by atoms with Crippen LogP contribution in [0.1, 0.15) is 16.8 Å². The van der Waals surface area contributed by atoms with Gasteiger partial charge in [0.2, 0.25) is 0 Å². The van der Waals surface area contributed by atoms with Crippen molar-refractivity contribution in [1.29, 1.82) is 0 Å². The zero-order valence-corrected chi connectivity index (χ0v) is 13.0. The maximum atomic E-state index is 12.6. The summed E-state index contributed by atoms with van der Waals surface area (Å²) < 4.78 is 0. The highest BCUT2D eigenvalue weighted by atomic mass is 16.2. The van der Waals surface area contributed by atoms with Crippen molar-refractivity contribution < 1.29 is 4.79 Å². The Hall–Kier alpha value is -2.13. The molecular weight excluding hydrogens is 272 g/mol. The highest BCUT2D eigenvalue weighted by molar-refractivity contribution is 5.94. The Kier molecular flexibility index (Phi) is 4.54. The van der Waals surface area contributed by atoms with E-state index in [1.165, 1.54) is 5.56 Å². The van der Waals surface area contributed by atoms with Crippen LogP contribution in [-0.4, -0.2) is 37.5 Å². The van der Waals surface area contributed by atoms with Crippen LogP contribution in [0.15, 0.2) is 54.6 Å². The first-order chi connectivity index (χ1) is 10.8. The number of likely N-dealkylation sites (tertiary alicyclic amines) is 1. The summed E-state index contributed by atoms with van der Waals surface area (Å²) >= 11 is 0. The maximum absolute atomic E-state index is 12.6. The molecule has 1 aliphatic rings. The van der Waals surface area contributed by atoms with E-state index in [0.717, 1.165) is 37.2 Å². The molecule has 22 heavy (non-hydrogen) atoms. The van der Waals surface area contributed by atoms with Gasteiger partial charge in [-0.2, -0.15) is 0 Å². The third-order valence-corrected chi connectivity index (χ3v) is 4.30. The van der Waals surface area contributed by atoms with E-state index < -0.39 is 0 Å². The van der Waals surface area contributed by atoms with Crippen molar-refractivity contribution >= 4 is 5.91 Å². The fraction of sp³-hybridized carbons (Fsp3) is 0.316. The molecule has 1 atom stereocenters. The molecule has 1 N–H and O–H groups in total. The molecule has 0 saturated carbocycles. The maximum Gasteiger partial charge on any atom is 0.253 e. The van der Waals surface area contributed by atoms with Crippen LogP contribution in [0.25, 0.3) is 11.1 Å². The predicted octanol–water partition coefficient (Wildman–Crippen LogP) is 3.04. The fourth-order valence-electron chi connectivity index (χ4n) is 3.09. The summed E-state index contributed by atoms with van der Waals surface area (Å²) in [5, 5.41) is 3.20. The molecule has 2 aromatic rings. The SMILES string of the molecule is CNCC1CCN(C(=O)c2ccc(-c3ccccc3)cc2)C1. The molecule has 114 valence electrons. The minimum Gasteiger partial charge on any atom is -0.338 e. The van der Waals surface area contributed by atoms with Gasteiger partial charge in [0.15, 0.2) is 0 Å². The summed E-state index contributed by atoms with van der Waals surface area (Å²) in [4.78, 5) is 14.5. The number of benzene rings is 2. The molecule has 1 amide bonds. The standard InChI is InChI=1S/C19H22N2O/c1-20-13-15-11-12-21(14-15)19(22)18-9-7-17(8-10-18)16-5-3-2-4-6-16/h2-10,15,20H,11-14H2,1H3. The molecular formula is C19H22N2O. The number of carbonyl (C=O) groups excluding carboxylic acids is 1. The van der Waals surface area contributed by atoms with E-state index >= 15 is 0 Å². The molecule has 1 unspecified atom stereocenters. The molecule has 0 bridgehead atoms. The summed E-state index contributed by atoms with van der Waals surface area (Å²) in [5.41, 5.74) is 3.10. The van der Waals surface area contributed by atoms with Crippen molar-refractivity contribution in [3.8, 4) is 11.1 Å². The van der Waals surface area contributed by atoms with E-state index in [1.807, 2.05) is 54.4 Å². The van der Waals surface area contributed by atoms with Crippen LogP contribution >= 0.6 is 0 Å². The van der Waals surface area contributed by atoms with Gasteiger partial charge in [0, 0.05) is 18.7 Å². The van der Waals surface area contributed by atoms with Gasteiger partial charge >= 0.3 is 0 Å². The van der Waals surface area contributed by atoms with Gasteiger partial charge in [-0.15, -0.1) is 0 Å². The van der Waals surface area contributed by atoms with Crippen molar-refractivity contribution in [1.82, 2.24) is 10.2 Å². The lowest BCUT2D eigenvalue weighted by Crippen LogP contribution is -2.30. The van der Waals surface area contributed by atoms with E-state index in [1.54, 1.807) is 0 Å². The lowest BCUT2D eigenvalue weighted by Gasteiger charge is -2.17. The Labute approximate surface area is 132 Å². The first kappa shape index (κ1) is 14.8. The van der Waals surface area contributed by atoms with E-state index in [-0.39, 0.29) is 5.91 Å². The third-order valence-electron chi connectivity index (χ3n) is 4.30. The second-order valence-corrected chi connectivity index (χ2v) is 5.91. The van der Waals surface area contributed by atoms with Crippen LogP contribution in [0, 0.1) is 5.92 Å². The number of nitrogens with one attached hydrogen (secondary N) is 1. The molecule has 1 heterocycles. The lowest BCUT2D eigenvalue weighted by atomic mass is 10.0. The zero-order valence-electron chi connectivity index (χ0n) is 13.0. The Balaban J connectivity index is 1.69. The van der Waals surface area contributed by atoms with Crippen LogP contribution in [-0.2, 0) is 0 Å². The van der Waals surface area contributed by atoms with Crippen LogP contribution in [0.4, 0.5) is 0 Å². The van der Waals surface area contributed by atoms with Gasteiger partial charge < -0.3 is 10.2 Å². The third kappa shape index (κ3) is 3.20. The molecule has 1 aliphatic heterocycles. The number of rotatable bonds is 4. The lowest BCUT2D eigenvalue weighted by molar-refractivity contribution is 0.0787. The quantitative estimate of drug-likeness (QED) is 0.940. The van der Waals surface area contributed by atoms with Gasteiger partial charge in [-0.25, -0.2) is 0 Å². The van der Waals surface area contributed by atoms with E-state index in [9.17, 15) is 4.79 Å². The average Bonchev–Trinajstić information content (AvgIpc) is 3.04. The van der Waals surface area contributed by atoms with Gasteiger partial charge in [0.05, 0.1) is 0 Å². The van der Waals surface area contributed by atoms with Crippen molar-refractivity contribution in [2.75, 3.05) is 26.7 Å². The summed E-state index contributed by atoms with van der Waals surface area (Å²) in [6, 6.07) is 18.2. The molecule has 0 spiro atoms. The van der Waals surface area contributed by atoms with Crippen molar-refractivity contribution in [2.45, 2.75) is 6.42 Å². The Morgan fingerprint density at radius 2 is 1.77 bits per heavy atom. The normalized spacial score (nSPS) is 17.7. The summed E-state index contributed by atoms with van der Waals surface area (Å²) in [5.74, 6) is 0.732. The molecule has 0 aliphatic carbocycles. The smallest absolute Gasteiger partial charge is 0.253 e. The van der Waals surface area contributed by atoms with E-state index in [0.29, 0.717) is 5.92 Å². The van der Waals surface area contributed by atoms with Gasteiger partial charge in [-0.1, -0.05) is 42.5 Å². The van der Waals surface area contributed by atoms with Gasteiger partial charge in [-0.05, 0) is 49.2 Å². The van der Waals surface area contributed by atoms with Crippen LogP contribution < -0.4 is 5.32 Å². The largest absolute Gasteiger partial charge is 0.338 e. The second-order valence-electron chi connectivity index (χ2n) is 5.91. The van der Waals surface area contributed by atoms with Crippen molar-refractivity contribution in [3.05, 3.63) is 60.2 Å². The van der Waals surface area contributed by atoms with E-state index in [2.05, 4.69) is 17.4 Å². The number of nitrogens with zero attached hydrogens (tertiary/aromatic N) is 1. The molecule has 3 nitrogen and oxygen atoms in total. The van der Waals surface area contributed by atoms with Crippen LogP contribution in [0.5, 0.6) is 0 Å². The summed E-state index contributed by atoms with van der Waals surface area (Å²) in [6.07, 6.45) is 1.09. The average molecular weight is 294 g/mol. The first-order valence-corrected chi connectivity index (χ1v) is 7.87. The first-order valence-electron chi connectivity index (χ1n) is 7.87. The molecule has 1 saturated heterocycles. The van der Waals surface area contributed by atoms with Gasteiger partial charge in [0.1, 0.15) is 0 Å². The predicted molar refractivity (Wildman–Crippen MR) is 89.8 cm³/mol. The molecule has 3 rings (SSSR count). The number of hydrogen-bond acceptors (Lipinski definition) is 2. The highest BCUT2D eigenvalue weighted by Crippen LogP contribution is 2.22. The summed E-state index contributed by atoms with van der Waals surface area (Å²) in [6.45, 7) is 2.71. The highest BCUT2D eigenvalue weighted by Gasteiger charge is 2.26. The Morgan fingerprint density at radius 1 is 1.09 bits per heavy atom. The monoisotopic (exact) mass is 294 g/mol. The minimum atomic E-state index is 0.151. The molecule has 1 fully saturated rings. The van der Waals surface area contributed by atoms with Crippen molar-refractivity contribution in [3.63, 3.8) is 0 Å². The van der Waals surface area contributed by atoms with Crippen molar-refractivity contribution in [2.24, 2.45) is 5.92 Å². The number of carbonyl (C=O) groups is 1. The Morgan fingerprint density at radius 3 is 2.45 bits per heavy atom. The topological polar surface area (TPSA) is 32.3 Å². The second kappa shape index (κ2) is 6.75. The van der Waals surface area contributed by atoms with Crippen LogP contribution in [0.3, 0.4) is 0 Å². The van der Waals surface area contributed by atoms with Crippen LogP contribution in [0.2, 0.25) is 0 Å². The fourth-order valence-corrected chi connectivity index (χ4v) is 3.09. The minimum absolute atomic E-state index is 0.151. The molecule has 0 radical (unpaired) electrons.